The van der Waals surface area contributed by atoms with Gasteiger partial charge in [-0.2, -0.15) is 5.10 Å². The Bertz CT molecular complexity index is 784. The highest BCUT2D eigenvalue weighted by atomic mass is 32.1. The molecule has 0 saturated carbocycles. The highest BCUT2D eigenvalue weighted by Crippen LogP contribution is 2.26. The van der Waals surface area contributed by atoms with E-state index in [0.717, 1.165) is 21.7 Å². The molecule has 106 valence electrons. The van der Waals surface area contributed by atoms with E-state index in [4.69, 9.17) is 0 Å². The van der Waals surface area contributed by atoms with Crippen molar-refractivity contribution in [1.82, 2.24) is 9.78 Å². The maximum atomic E-state index is 11.5. The molecule has 0 aliphatic heterocycles. The summed E-state index contributed by atoms with van der Waals surface area (Å²) in [4.78, 5) is 12.4. The number of carboxylic acid groups (broad SMARTS) is 1. The predicted molar refractivity (Wildman–Crippen MR) is 83.3 cm³/mol. The Morgan fingerprint density at radius 1 is 1.19 bits per heavy atom. The summed E-state index contributed by atoms with van der Waals surface area (Å²) >= 11 is 1.54. The number of nitrogens with zero attached hydrogens (tertiary/aromatic N) is 2. The third kappa shape index (κ3) is 2.60. The Balaban J connectivity index is 2.19. The molecule has 2 aromatic heterocycles. The second-order valence-corrected chi connectivity index (χ2v) is 5.90. The van der Waals surface area contributed by atoms with E-state index >= 15 is 0 Å². The summed E-state index contributed by atoms with van der Waals surface area (Å²) < 4.78 is 1.50. The van der Waals surface area contributed by atoms with Gasteiger partial charge in [0.25, 0.3) is 0 Å². The van der Waals surface area contributed by atoms with Gasteiger partial charge < -0.3 is 5.11 Å². The number of aromatic carboxylic acids is 1. The molecule has 1 aromatic carbocycles. The third-order valence-electron chi connectivity index (χ3n) is 3.15. The summed E-state index contributed by atoms with van der Waals surface area (Å²) in [5.41, 5.74) is 3.78. The summed E-state index contributed by atoms with van der Waals surface area (Å²) in [5.74, 6) is -0.982. The first-order valence-corrected chi connectivity index (χ1v) is 7.38. The van der Waals surface area contributed by atoms with Crippen LogP contribution in [0.3, 0.4) is 0 Å². The van der Waals surface area contributed by atoms with Crippen LogP contribution in [0, 0.1) is 13.8 Å². The number of aromatic nitrogens is 2. The zero-order valence-corrected chi connectivity index (χ0v) is 12.5. The summed E-state index contributed by atoms with van der Waals surface area (Å²) in [5, 5.41) is 15.8. The van der Waals surface area contributed by atoms with Crippen molar-refractivity contribution in [2.24, 2.45) is 0 Å². The van der Waals surface area contributed by atoms with Gasteiger partial charge in [0, 0.05) is 6.07 Å². The molecule has 0 radical (unpaired) electrons. The smallest absolute Gasteiger partial charge is 0.354 e. The molecule has 0 atom stereocenters. The van der Waals surface area contributed by atoms with Crippen molar-refractivity contribution in [1.29, 1.82) is 0 Å². The molecular formula is C16H14N2O2S. The van der Waals surface area contributed by atoms with Crippen molar-refractivity contribution >= 4 is 17.3 Å². The van der Waals surface area contributed by atoms with Gasteiger partial charge >= 0.3 is 5.97 Å². The van der Waals surface area contributed by atoms with Crippen LogP contribution in [-0.2, 0) is 0 Å². The molecule has 1 N–H and O–H groups in total. The number of hydrogen-bond donors (Lipinski definition) is 1. The fraction of sp³-hybridized carbons (Fsp3) is 0.125. The van der Waals surface area contributed by atoms with Crippen LogP contribution in [0.2, 0.25) is 0 Å². The van der Waals surface area contributed by atoms with Gasteiger partial charge in [-0.25, -0.2) is 9.48 Å². The van der Waals surface area contributed by atoms with Crippen LogP contribution in [0.4, 0.5) is 0 Å². The van der Waals surface area contributed by atoms with Gasteiger partial charge in [-0.15, -0.1) is 11.3 Å². The normalized spacial score (nSPS) is 10.8. The van der Waals surface area contributed by atoms with Crippen molar-refractivity contribution in [2.45, 2.75) is 13.8 Å². The molecule has 0 spiro atoms. The second kappa shape index (κ2) is 5.18. The number of carboxylic acids is 1. The first-order chi connectivity index (χ1) is 10.0. The number of aryl methyl sites for hydroxylation is 2. The van der Waals surface area contributed by atoms with Gasteiger partial charge in [0.2, 0.25) is 0 Å². The lowest BCUT2D eigenvalue weighted by Gasteiger charge is -2.07. The van der Waals surface area contributed by atoms with E-state index in [1.807, 2.05) is 49.6 Å². The lowest BCUT2D eigenvalue weighted by atomic mass is 10.1. The standard InChI is InChI=1S/C16H14N2O2S/c1-10-6-11(2)8-12(7-10)18-14(16(19)20)9-13(17-18)15-4-3-5-21-15/h3-9H,1-2H3,(H,19,20). The Hall–Kier alpha value is -2.40. The SMILES string of the molecule is Cc1cc(C)cc(-n2nc(-c3cccs3)cc2C(=O)O)c1. The number of rotatable bonds is 3. The van der Waals surface area contributed by atoms with Gasteiger partial charge in [0.05, 0.1) is 10.6 Å². The number of thiophene rings is 1. The molecule has 0 fully saturated rings. The quantitative estimate of drug-likeness (QED) is 0.797. The fourth-order valence-electron chi connectivity index (χ4n) is 2.35. The van der Waals surface area contributed by atoms with E-state index in [0.29, 0.717) is 5.69 Å². The fourth-order valence-corrected chi connectivity index (χ4v) is 3.03. The highest BCUT2D eigenvalue weighted by molar-refractivity contribution is 7.13. The van der Waals surface area contributed by atoms with E-state index in [9.17, 15) is 9.90 Å². The largest absolute Gasteiger partial charge is 0.477 e. The van der Waals surface area contributed by atoms with Crippen LogP contribution in [0.25, 0.3) is 16.3 Å². The zero-order chi connectivity index (χ0) is 15.0. The molecule has 0 bridgehead atoms. The lowest BCUT2D eigenvalue weighted by molar-refractivity contribution is 0.0687. The minimum Gasteiger partial charge on any atom is -0.477 e. The summed E-state index contributed by atoms with van der Waals surface area (Å²) in [6.45, 7) is 3.97. The van der Waals surface area contributed by atoms with Crippen LogP contribution in [-0.4, -0.2) is 20.9 Å². The summed E-state index contributed by atoms with van der Waals surface area (Å²) in [6.07, 6.45) is 0. The van der Waals surface area contributed by atoms with Crippen LogP contribution in [0.5, 0.6) is 0 Å². The van der Waals surface area contributed by atoms with Crippen molar-refractivity contribution in [3.05, 3.63) is 58.6 Å². The van der Waals surface area contributed by atoms with Gasteiger partial charge in [-0.3, -0.25) is 0 Å². The molecule has 21 heavy (non-hydrogen) atoms. The van der Waals surface area contributed by atoms with Crippen molar-refractivity contribution < 1.29 is 9.90 Å². The maximum Gasteiger partial charge on any atom is 0.354 e. The summed E-state index contributed by atoms with van der Waals surface area (Å²) in [7, 11) is 0. The van der Waals surface area contributed by atoms with Gasteiger partial charge in [-0.1, -0.05) is 12.1 Å². The van der Waals surface area contributed by atoms with Crippen molar-refractivity contribution in [3.63, 3.8) is 0 Å². The lowest BCUT2D eigenvalue weighted by Crippen LogP contribution is -2.08. The number of carbonyl (C=O) groups is 1. The maximum absolute atomic E-state index is 11.5. The predicted octanol–water partition coefficient (Wildman–Crippen LogP) is 3.92. The molecule has 3 rings (SSSR count). The molecule has 0 saturated heterocycles. The topological polar surface area (TPSA) is 55.1 Å². The van der Waals surface area contributed by atoms with E-state index < -0.39 is 5.97 Å². The molecule has 0 amide bonds. The van der Waals surface area contributed by atoms with Crippen LogP contribution < -0.4 is 0 Å². The average molecular weight is 298 g/mol. The molecule has 5 heteroatoms. The minimum absolute atomic E-state index is 0.170. The highest BCUT2D eigenvalue weighted by Gasteiger charge is 2.17. The van der Waals surface area contributed by atoms with Gasteiger partial charge in [0.15, 0.2) is 5.69 Å². The molecule has 0 aliphatic carbocycles. The Kier molecular flexibility index (Phi) is 3.35. The molecule has 0 unspecified atom stereocenters. The van der Waals surface area contributed by atoms with E-state index in [-0.39, 0.29) is 5.69 Å². The molecule has 2 heterocycles. The van der Waals surface area contributed by atoms with Gasteiger partial charge in [-0.05, 0) is 48.6 Å². The monoisotopic (exact) mass is 298 g/mol. The molecule has 0 aliphatic rings. The molecular weight excluding hydrogens is 284 g/mol. The number of benzene rings is 1. The molecule has 4 nitrogen and oxygen atoms in total. The van der Waals surface area contributed by atoms with E-state index in [1.54, 1.807) is 17.4 Å². The number of hydrogen-bond acceptors (Lipinski definition) is 3. The van der Waals surface area contributed by atoms with Crippen LogP contribution >= 0.6 is 11.3 Å². The molecule has 3 aromatic rings. The second-order valence-electron chi connectivity index (χ2n) is 4.95. The average Bonchev–Trinajstić information content (AvgIpc) is 3.06. The Morgan fingerprint density at radius 2 is 1.90 bits per heavy atom. The van der Waals surface area contributed by atoms with Crippen molar-refractivity contribution in [2.75, 3.05) is 0 Å². The van der Waals surface area contributed by atoms with Crippen LogP contribution in [0.1, 0.15) is 21.6 Å². The van der Waals surface area contributed by atoms with Crippen molar-refractivity contribution in [3.8, 4) is 16.3 Å². The van der Waals surface area contributed by atoms with E-state index in [1.165, 1.54) is 4.68 Å². The Labute approximate surface area is 126 Å². The first kappa shape index (κ1) is 13.6. The minimum atomic E-state index is -0.982. The van der Waals surface area contributed by atoms with Gasteiger partial charge in [0.1, 0.15) is 5.69 Å². The van der Waals surface area contributed by atoms with E-state index in [2.05, 4.69) is 5.10 Å². The third-order valence-corrected chi connectivity index (χ3v) is 4.05. The Morgan fingerprint density at radius 3 is 2.48 bits per heavy atom. The van der Waals surface area contributed by atoms with Crippen LogP contribution in [0.15, 0.2) is 41.8 Å². The summed E-state index contributed by atoms with van der Waals surface area (Å²) in [6, 6.07) is 11.4. The first-order valence-electron chi connectivity index (χ1n) is 6.50. The zero-order valence-electron chi connectivity index (χ0n) is 11.7.